The largest absolute Gasteiger partial charge is 0.384 e. The van der Waals surface area contributed by atoms with Gasteiger partial charge in [-0.1, -0.05) is 46.1 Å². The Bertz CT molecular complexity index is 395. The van der Waals surface area contributed by atoms with Gasteiger partial charge in [-0.05, 0) is 43.3 Å². The minimum Gasteiger partial charge on any atom is -0.384 e. The van der Waals surface area contributed by atoms with Gasteiger partial charge in [0.05, 0.1) is 0 Å². The van der Waals surface area contributed by atoms with Gasteiger partial charge in [0.15, 0.2) is 0 Å². The summed E-state index contributed by atoms with van der Waals surface area (Å²) in [5.41, 5.74) is -0.642. The summed E-state index contributed by atoms with van der Waals surface area (Å²) in [5.74, 6) is 0.703. The first kappa shape index (κ1) is 17.0. The lowest BCUT2D eigenvalue weighted by Crippen LogP contribution is -2.46. The van der Waals surface area contributed by atoms with Crippen molar-refractivity contribution in [2.24, 2.45) is 11.8 Å². The van der Waals surface area contributed by atoms with E-state index in [9.17, 15) is 5.11 Å². The summed E-state index contributed by atoms with van der Waals surface area (Å²) in [5, 5.41) is 13.8. The van der Waals surface area contributed by atoms with Crippen molar-refractivity contribution >= 4 is 11.3 Å². The molecule has 0 bridgehead atoms. The molecule has 1 N–H and O–H groups in total. The van der Waals surface area contributed by atoms with Crippen LogP contribution in [0.15, 0.2) is 17.5 Å². The van der Waals surface area contributed by atoms with E-state index in [1.807, 2.05) is 0 Å². The molecule has 1 fully saturated rings. The minimum absolute atomic E-state index is 0.277. The number of hydrogen-bond acceptors (Lipinski definition) is 3. The van der Waals surface area contributed by atoms with E-state index in [0.717, 1.165) is 19.6 Å². The highest BCUT2D eigenvalue weighted by atomic mass is 32.1. The van der Waals surface area contributed by atoms with Crippen LogP contribution >= 0.6 is 11.3 Å². The highest BCUT2D eigenvalue weighted by molar-refractivity contribution is 7.10. The standard InChI is InChI=1S/C18H31NOS/c1-4-19(5-2)14-15(3)18(20,17-12-9-13-21-17)16-10-7-6-8-11-16/h9,12-13,15-16,20H,4-8,10-11,14H2,1-3H3. The van der Waals surface area contributed by atoms with Crippen molar-refractivity contribution in [1.82, 2.24) is 4.90 Å². The molecular weight excluding hydrogens is 278 g/mol. The van der Waals surface area contributed by atoms with Gasteiger partial charge in [0.25, 0.3) is 0 Å². The monoisotopic (exact) mass is 309 g/mol. The van der Waals surface area contributed by atoms with Crippen molar-refractivity contribution in [2.75, 3.05) is 19.6 Å². The number of thiophene rings is 1. The lowest BCUT2D eigenvalue weighted by atomic mass is 9.70. The first-order valence-corrected chi connectivity index (χ1v) is 9.49. The highest BCUT2D eigenvalue weighted by Gasteiger charge is 2.44. The van der Waals surface area contributed by atoms with Crippen LogP contribution in [0.25, 0.3) is 0 Å². The number of hydrogen-bond donors (Lipinski definition) is 1. The molecule has 21 heavy (non-hydrogen) atoms. The quantitative estimate of drug-likeness (QED) is 0.802. The van der Waals surface area contributed by atoms with E-state index in [0.29, 0.717) is 5.92 Å². The van der Waals surface area contributed by atoms with Gasteiger partial charge in [0.1, 0.15) is 5.60 Å². The maximum absolute atomic E-state index is 11.7. The van der Waals surface area contributed by atoms with Gasteiger partial charge in [-0.15, -0.1) is 11.3 Å². The van der Waals surface area contributed by atoms with E-state index in [2.05, 4.69) is 43.2 Å². The second kappa shape index (κ2) is 7.75. The van der Waals surface area contributed by atoms with Crippen LogP contribution in [0.2, 0.25) is 0 Å². The molecule has 1 aliphatic rings. The fraction of sp³-hybridized carbons (Fsp3) is 0.778. The number of rotatable bonds is 7. The van der Waals surface area contributed by atoms with E-state index < -0.39 is 5.60 Å². The van der Waals surface area contributed by atoms with E-state index in [1.54, 1.807) is 11.3 Å². The Labute approximate surface area is 134 Å². The molecule has 2 nitrogen and oxygen atoms in total. The maximum Gasteiger partial charge on any atom is 0.105 e. The van der Waals surface area contributed by atoms with Gasteiger partial charge < -0.3 is 10.0 Å². The highest BCUT2D eigenvalue weighted by Crippen LogP contribution is 2.45. The first-order chi connectivity index (χ1) is 10.1. The van der Waals surface area contributed by atoms with Crippen LogP contribution in [0.1, 0.15) is 57.8 Å². The molecule has 1 aliphatic carbocycles. The summed E-state index contributed by atoms with van der Waals surface area (Å²) in [6, 6.07) is 4.22. The molecule has 0 aliphatic heterocycles. The van der Waals surface area contributed by atoms with Gasteiger partial charge in [-0.2, -0.15) is 0 Å². The maximum atomic E-state index is 11.7. The first-order valence-electron chi connectivity index (χ1n) is 8.61. The van der Waals surface area contributed by atoms with Crippen molar-refractivity contribution in [2.45, 2.75) is 58.5 Å². The average molecular weight is 310 g/mol. The van der Waals surface area contributed by atoms with Crippen LogP contribution in [0.4, 0.5) is 0 Å². The molecular formula is C18H31NOS. The lowest BCUT2D eigenvalue weighted by molar-refractivity contribution is -0.0875. The number of nitrogens with zero attached hydrogens (tertiary/aromatic N) is 1. The second-order valence-corrected chi connectivity index (χ2v) is 7.47. The van der Waals surface area contributed by atoms with Crippen LogP contribution in [-0.4, -0.2) is 29.6 Å². The zero-order valence-corrected chi connectivity index (χ0v) is 14.7. The zero-order chi connectivity index (χ0) is 15.3. The fourth-order valence-electron chi connectivity index (χ4n) is 3.90. The third kappa shape index (κ3) is 3.69. The Kier molecular flexibility index (Phi) is 6.27. The van der Waals surface area contributed by atoms with Crippen molar-refractivity contribution in [1.29, 1.82) is 0 Å². The molecule has 0 spiro atoms. The summed E-state index contributed by atoms with van der Waals surface area (Å²) in [6.45, 7) is 9.77. The molecule has 1 aromatic rings. The normalized spacial score (nSPS) is 21.4. The molecule has 0 amide bonds. The number of aliphatic hydroxyl groups is 1. The van der Waals surface area contributed by atoms with Crippen molar-refractivity contribution in [3.63, 3.8) is 0 Å². The topological polar surface area (TPSA) is 23.5 Å². The molecule has 2 atom stereocenters. The van der Waals surface area contributed by atoms with E-state index in [1.165, 1.54) is 37.0 Å². The Morgan fingerprint density at radius 2 is 1.95 bits per heavy atom. The van der Waals surface area contributed by atoms with Crippen molar-refractivity contribution in [3.05, 3.63) is 22.4 Å². The van der Waals surface area contributed by atoms with Crippen LogP contribution in [-0.2, 0) is 5.60 Å². The average Bonchev–Trinajstić information content (AvgIpc) is 3.07. The van der Waals surface area contributed by atoms with Gasteiger partial charge in [-0.25, -0.2) is 0 Å². The van der Waals surface area contributed by atoms with Crippen LogP contribution in [0.3, 0.4) is 0 Å². The summed E-state index contributed by atoms with van der Waals surface area (Å²) in [7, 11) is 0. The summed E-state index contributed by atoms with van der Waals surface area (Å²) in [6.07, 6.45) is 6.24. The Morgan fingerprint density at radius 3 is 2.48 bits per heavy atom. The van der Waals surface area contributed by atoms with Crippen LogP contribution < -0.4 is 0 Å². The fourth-order valence-corrected chi connectivity index (χ4v) is 4.92. The molecule has 2 rings (SSSR count). The summed E-state index contributed by atoms with van der Waals surface area (Å²) in [4.78, 5) is 3.61. The minimum atomic E-state index is -0.642. The SMILES string of the molecule is CCN(CC)CC(C)C(O)(c1cccs1)C1CCCCC1. The zero-order valence-electron chi connectivity index (χ0n) is 13.8. The van der Waals surface area contributed by atoms with Gasteiger partial charge in [0, 0.05) is 17.3 Å². The molecule has 0 radical (unpaired) electrons. The second-order valence-electron chi connectivity index (χ2n) is 6.52. The molecule has 3 heteroatoms. The third-order valence-corrected chi connectivity index (χ3v) is 6.33. The van der Waals surface area contributed by atoms with Gasteiger partial charge in [-0.3, -0.25) is 0 Å². The predicted molar refractivity (Wildman–Crippen MR) is 91.7 cm³/mol. The predicted octanol–water partition coefficient (Wildman–Crippen LogP) is 4.49. The summed E-state index contributed by atoms with van der Waals surface area (Å²) < 4.78 is 0. The molecule has 0 saturated heterocycles. The van der Waals surface area contributed by atoms with Crippen LogP contribution in [0.5, 0.6) is 0 Å². The van der Waals surface area contributed by atoms with Crippen LogP contribution in [0, 0.1) is 11.8 Å². The van der Waals surface area contributed by atoms with Gasteiger partial charge >= 0.3 is 0 Å². The Morgan fingerprint density at radius 1 is 1.29 bits per heavy atom. The van der Waals surface area contributed by atoms with Gasteiger partial charge in [0.2, 0.25) is 0 Å². The van der Waals surface area contributed by atoms with E-state index in [-0.39, 0.29) is 5.92 Å². The van der Waals surface area contributed by atoms with E-state index in [4.69, 9.17) is 0 Å². The third-order valence-electron chi connectivity index (χ3n) is 5.32. The van der Waals surface area contributed by atoms with E-state index >= 15 is 0 Å². The Hall–Kier alpha value is -0.380. The molecule has 0 aromatic carbocycles. The molecule has 1 saturated carbocycles. The van der Waals surface area contributed by atoms with Crippen molar-refractivity contribution in [3.8, 4) is 0 Å². The lowest BCUT2D eigenvalue weighted by Gasteiger charge is -2.43. The Balaban J connectivity index is 2.22. The molecule has 120 valence electrons. The molecule has 1 heterocycles. The smallest absolute Gasteiger partial charge is 0.105 e. The van der Waals surface area contributed by atoms with Crippen molar-refractivity contribution < 1.29 is 5.11 Å². The molecule has 2 unspecified atom stereocenters. The molecule has 1 aromatic heterocycles. The summed E-state index contributed by atoms with van der Waals surface area (Å²) >= 11 is 1.73.